The van der Waals surface area contributed by atoms with Gasteiger partial charge < -0.3 is 18.7 Å². The highest BCUT2D eigenvalue weighted by atomic mass is 16.5. The summed E-state index contributed by atoms with van der Waals surface area (Å²) in [7, 11) is 4.62. The number of ether oxygens (including phenoxy) is 3. The minimum absolute atomic E-state index is 0.0197. The Kier molecular flexibility index (Phi) is 5.21. The number of nitrogens with zero attached hydrogens (tertiary/aromatic N) is 4. The summed E-state index contributed by atoms with van der Waals surface area (Å²) in [6.07, 6.45) is 0. The molecule has 10 nitrogen and oxygen atoms in total. The Balaban J connectivity index is 1.67. The second-order valence-corrected chi connectivity index (χ2v) is 6.14. The fourth-order valence-electron chi connectivity index (χ4n) is 2.98. The fraction of sp³-hybridized carbons (Fsp3) is 0.200. The predicted octanol–water partition coefficient (Wildman–Crippen LogP) is 2.63. The van der Waals surface area contributed by atoms with Crippen molar-refractivity contribution >= 4 is 0 Å². The maximum absolute atomic E-state index is 12.2. The number of benzene rings is 2. The number of hydrogen-bond donors (Lipinski definition) is 0. The summed E-state index contributed by atoms with van der Waals surface area (Å²) in [5.41, 5.74) is 1.27. The van der Waals surface area contributed by atoms with Crippen molar-refractivity contribution in [2.75, 3.05) is 21.3 Å². The molecule has 0 saturated carbocycles. The molecule has 0 unspecified atom stereocenters. The Bertz CT molecular complexity index is 1230. The molecule has 2 heterocycles. The van der Waals surface area contributed by atoms with Gasteiger partial charge >= 0.3 is 5.76 Å². The van der Waals surface area contributed by atoms with Gasteiger partial charge in [0.15, 0.2) is 17.3 Å². The number of rotatable bonds is 7. The topological polar surface area (TPSA) is 115 Å². The zero-order valence-corrected chi connectivity index (χ0v) is 16.5. The first-order valence-electron chi connectivity index (χ1n) is 8.89. The van der Waals surface area contributed by atoms with Crippen molar-refractivity contribution in [3.8, 4) is 40.0 Å². The molecule has 30 heavy (non-hydrogen) atoms. The SMILES string of the molecule is COc1ccc(-c2noc(=O)n2Cc2nc(-c3ccccc3OC)no2)cc1OC. The van der Waals surface area contributed by atoms with E-state index in [4.69, 9.17) is 23.3 Å². The smallest absolute Gasteiger partial charge is 0.442 e. The highest BCUT2D eigenvalue weighted by Gasteiger charge is 2.19. The van der Waals surface area contributed by atoms with Crippen LogP contribution in [0.3, 0.4) is 0 Å². The summed E-state index contributed by atoms with van der Waals surface area (Å²) >= 11 is 0. The molecule has 0 N–H and O–H groups in total. The van der Waals surface area contributed by atoms with Gasteiger partial charge in [-0.15, -0.1) is 0 Å². The summed E-state index contributed by atoms with van der Waals surface area (Å²) in [4.78, 5) is 16.6. The Labute approximate surface area is 170 Å². The number of para-hydroxylation sites is 1. The van der Waals surface area contributed by atoms with Crippen LogP contribution in [0.5, 0.6) is 17.2 Å². The number of methoxy groups -OCH3 is 3. The zero-order chi connectivity index (χ0) is 21.1. The average molecular weight is 410 g/mol. The summed E-state index contributed by atoms with van der Waals surface area (Å²) in [5.74, 6) is 1.85. The highest BCUT2D eigenvalue weighted by Crippen LogP contribution is 2.31. The van der Waals surface area contributed by atoms with Crippen LogP contribution in [-0.2, 0) is 6.54 Å². The van der Waals surface area contributed by atoms with E-state index in [1.54, 1.807) is 38.5 Å². The first-order valence-corrected chi connectivity index (χ1v) is 8.89. The van der Waals surface area contributed by atoms with Crippen LogP contribution in [0.25, 0.3) is 22.8 Å². The van der Waals surface area contributed by atoms with Crippen molar-refractivity contribution < 1.29 is 23.3 Å². The lowest BCUT2D eigenvalue weighted by atomic mass is 10.2. The zero-order valence-electron chi connectivity index (χ0n) is 16.5. The van der Waals surface area contributed by atoms with Crippen LogP contribution in [0.4, 0.5) is 0 Å². The predicted molar refractivity (Wildman–Crippen MR) is 105 cm³/mol. The summed E-state index contributed by atoms with van der Waals surface area (Å²) in [6.45, 7) is -0.0197. The van der Waals surface area contributed by atoms with Gasteiger partial charge in [0.1, 0.15) is 12.3 Å². The molecule has 0 bridgehead atoms. The molecular formula is C20H18N4O6. The van der Waals surface area contributed by atoms with Gasteiger partial charge in [-0.05, 0) is 30.3 Å². The third-order valence-electron chi connectivity index (χ3n) is 4.44. The van der Waals surface area contributed by atoms with Crippen molar-refractivity contribution in [2.45, 2.75) is 6.54 Å². The van der Waals surface area contributed by atoms with E-state index in [1.807, 2.05) is 18.2 Å². The van der Waals surface area contributed by atoms with Crippen LogP contribution in [0.15, 0.2) is 56.3 Å². The van der Waals surface area contributed by atoms with Crippen molar-refractivity contribution in [1.82, 2.24) is 19.9 Å². The number of aromatic nitrogens is 4. The van der Waals surface area contributed by atoms with Crippen LogP contribution in [0.1, 0.15) is 5.89 Å². The van der Waals surface area contributed by atoms with E-state index in [0.717, 1.165) is 0 Å². The average Bonchev–Trinajstić information content (AvgIpc) is 3.40. The highest BCUT2D eigenvalue weighted by molar-refractivity contribution is 5.63. The third kappa shape index (κ3) is 3.50. The van der Waals surface area contributed by atoms with Crippen LogP contribution in [-0.4, -0.2) is 41.2 Å². The van der Waals surface area contributed by atoms with E-state index >= 15 is 0 Å². The summed E-state index contributed by atoms with van der Waals surface area (Å²) < 4.78 is 27.4. The Hall–Kier alpha value is -4.08. The maximum atomic E-state index is 12.2. The van der Waals surface area contributed by atoms with Gasteiger partial charge in [-0.1, -0.05) is 22.4 Å². The molecule has 0 aliphatic rings. The minimum Gasteiger partial charge on any atom is -0.496 e. The Morgan fingerprint density at radius 3 is 2.43 bits per heavy atom. The van der Waals surface area contributed by atoms with E-state index in [2.05, 4.69) is 15.3 Å². The summed E-state index contributed by atoms with van der Waals surface area (Å²) in [5, 5.41) is 7.86. The molecule has 4 aromatic rings. The quantitative estimate of drug-likeness (QED) is 0.453. The van der Waals surface area contributed by atoms with Gasteiger partial charge in [0.2, 0.25) is 11.7 Å². The van der Waals surface area contributed by atoms with E-state index in [1.165, 1.54) is 11.7 Å². The standard InChI is InChI=1S/C20H18N4O6/c1-26-14-7-5-4-6-13(14)18-21-17(29-22-18)11-24-19(23-30-20(24)25)12-8-9-15(27-2)16(10-12)28-3/h4-10H,11H2,1-3H3. The molecular weight excluding hydrogens is 392 g/mol. The minimum atomic E-state index is -0.656. The first-order chi connectivity index (χ1) is 14.6. The summed E-state index contributed by atoms with van der Waals surface area (Å²) in [6, 6.07) is 12.4. The molecule has 0 aliphatic carbocycles. The maximum Gasteiger partial charge on any atom is 0.442 e. The lowest BCUT2D eigenvalue weighted by Gasteiger charge is -2.09. The van der Waals surface area contributed by atoms with Crippen molar-refractivity contribution in [3.63, 3.8) is 0 Å². The molecule has 0 radical (unpaired) electrons. The Morgan fingerprint density at radius 2 is 1.67 bits per heavy atom. The molecule has 10 heteroatoms. The van der Waals surface area contributed by atoms with Crippen LogP contribution < -0.4 is 20.0 Å². The van der Waals surface area contributed by atoms with E-state index in [0.29, 0.717) is 34.2 Å². The van der Waals surface area contributed by atoms with Gasteiger partial charge in [-0.3, -0.25) is 4.52 Å². The molecule has 154 valence electrons. The van der Waals surface area contributed by atoms with Gasteiger partial charge in [-0.2, -0.15) is 4.98 Å². The van der Waals surface area contributed by atoms with Crippen molar-refractivity contribution in [1.29, 1.82) is 0 Å². The Morgan fingerprint density at radius 1 is 0.900 bits per heavy atom. The molecule has 2 aromatic carbocycles. The second kappa shape index (κ2) is 8.11. The monoisotopic (exact) mass is 410 g/mol. The lowest BCUT2D eigenvalue weighted by molar-refractivity contribution is 0.353. The fourth-order valence-corrected chi connectivity index (χ4v) is 2.98. The molecule has 4 rings (SSSR count). The molecule has 2 aromatic heterocycles. The molecule has 0 spiro atoms. The first kappa shape index (κ1) is 19.2. The van der Waals surface area contributed by atoms with Crippen LogP contribution >= 0.6 is 0 Å². The van der Waals surface area contributed by atoms with E-state index in [9.17, 15) is 4.79 Å². The third-order valence-corrected chi connectivity index (χ3v) is 4.44. The molecule has 0 fully saturated rings. The van der Waals surface area contributed by atoms with E-state index < -0.39 is 5.76 Å². The molecule has 0 saturated heterocycles. The van der Waals surface area contributed by atoms with Gasteiger partial charge in [-0.25, -0.2) is 9.36 Å². The lowest BCUT2D eigenvalue weighted by Crippen LogP contribution is -2.16. The van der Waals surface area contributed by atoms with Crippen LogP contribution in [0.2, 0.25) is 0 Å². The van der Waals surface area contributed by atoms with Gasteiger partial charge in [0.25, 0.3) is 0 Å². The van der Waals surface area contributed by atoms with Crippen molar-refractivity contribution in [3.05, 3.63) is 58.9 Å². The number of hydrogen-bond acceptors (Lipinski definition) is 9. The van der Waals surface area contributed by atoms with E-state index in [-0.39, 0.29) is 18.3 Å². The molecule has 0 atom stereocenters. The largest absolute Gasteiger partial charge is 0.496 e. The second-order valence-electron chi connectivity index (χ2n) is 6.14. The molecule has 0 amide bonds. The van der Waals surface area contributed by atoms with Crippen molar-refractivity contribution in [2.24, 2.45) is 0 Å². The molecule has 0 aliphatic heterocycles. The van der Waals surface area contributed by atoms with Gasteiger partial charge in [0.05, 0.1) is 26.9 Å². The normalized spacial score (nSPS) is 10.8. The van der Waals surface area contributed by atoms with Crippen LogP contribution in [0, 0.1) is 0 Å². The van der Waals surface area contributed by atoms with Gasteiger partial charge in [0, 0.05) is 5.56 Å².